The van der Waals surface area contributed by atoms with Crippen molar-refractivity contribution in [1.82, 2.24) is 0 Å². The molecule has 0 fully saturated rings. The highest BCUT2D eigenvalue weighted by Crippen LogP contribution is 2.11. The predicted molar refractivity (Wildman–Crippen MR) is 95.3 cm³/mol. The van der Waals surface area contributed by atoms with Crippen LogP contribution in [0.4, 0.5) is 0 Å². The first-order valence-electron chi connectivity index (χ1n) is 9.06. The van der Waals surface area contributed by atoms with Crippen molar-refractivity contribution >= 4 is 11.9 Å². The lowest BCUT2D eigenvalue weighted by molar-refractivity contribution is 0.0322. The quantitative estimate of drug-likeness (QED) is 0.414. The first-order chi connectivity index (χ1) is 11.6. The topological polar surface area (TPSA) is 52.6 Å². The van der Waals surface area contributed by atoms with Crippen LogP contribution in [-0.2, 0) is 9.47 Å². The van der Waals surface area contributed by atoms with Gasteiger partial charge in [0.15, 0.2) is 0 Å². The molecule has 1 unspecified atom stereocenters. The number of rotatable bonds is 11. The van der Waals surface area contributed by atoms with Gasteiger partial charge in [0.1, 0.15) is 0 Å². The molecule has 4 heteroatoms. The second-order valence-corrected chi connectivity index (χ2v) is 6.13. The lowest BCUT2D eigenvalue weighted by atomic mass is 10.1. The minimum absolute atomic E-state index is 0.0974. The molecule has 0 aromatic heterocycles. The average Bonchev–Trinajstić information content (AvgIpc) is 2.58. The smallest absolute Gasteiger partial charge is 0.338 e. The van der Waals surface area contributed by atoms with Gasteiger partial charge >= 0.3 is 11.9 Å². The summed E-state index contributed by atoms with van der Waals surface area (Å²) in [6.07, 6.45) is 7.30. The molecule has 0 aliphatic heterocycles. The van der Waals surface area contributed by atoms with E-state index in [0.717, 1.165) is 25.7 Å². The van der Waals surface area contributed by atoms with Gasteiger partial charge in [0.05, 0.1) is 23.8 Å². The van der Waals surface area contributed by atoms with E-state index in [1.807, 2.05) is 6.92 Å². The van der Waals surface area contributed by atoms with Crippen LogP contribution in [0, 0.1) is 0 Å². The second kappa shape index (κ2) is 11.7. The number of unbranched alkanes of at least 4 members (excludes halogenated alkanes) is 4. The zero-order valence-corrected chi connectivity index (χ0v) is 15.2. The van der Waals surface area contributed by atoms with Crippen LogP contribution >= 0.6 is 0 Å². The maximum Gasteiger partial charge on any atom is 0.338 e. The molecule has 0 radical (unpaired) electrons. The molecule has 0 saturated heterocycles. The molecular formula is C20H30O4. The molecule has 0 bridgehead atoms. The number of hydrogen-bond acceptors (Lipinski definition) is 4. The summed E-state index contributed by atoms with van der Waals surface area (Å²) in [6, 6.07) is 6.44. The van der Waals surface area contributed by atoms with Gasteiger partial charge < -0.3 is 9.47 Å². The maximum atomic E-state index is 12.0. The number of esters is 2. The molecule has 0 N–H and O–H groups in total. The van der Waals surface area contributed by atoms with Crippen LogP contribution in [0.3, 0.4) is 0 Å². The summed E-state index contributed by atoms with van der Waals surface area (Å²) >= 11 is 0. The Morgan fingerprint density at radius 2 is 1.46 bits per heavy atom. The van der Waals surface area contributed by atoms with Crippen molar-refractivity contribution in [1.29, 1.82) is 0 Å². The van der Waals surface area contributed by atoms with E-state index >= 15 is 0 Å². The van der Waals surface area contributed by atoms with Crippen LogP contribution < -0.4 is 0 Å². The standard InChI is InChI=1S/C20H30O4/c1-4-6-7-8-9-15-23-19(21)17-11-13-18(14-12-17)20(22)24-16(3)10-5-2/h11-14,16H,4-10,15H2,1-3H3. The minimum atomic E-state index is -0.355. The van der Waals surface area contributed by atoms with Gasteiger partial charge in [0.2, 0.25) is 0 Å². The number of ether oxygens (including phenoxy) is 2. The van der Waals surface area contributed by atoms with Gasteiger partial charge in [-0.1, -0.05) is 46.0 Å². The number of carbonyl (C=O) groups excluding carboxylic acids is 2. The molecule has 0 spiro atoms. The SMILES string of the molecule is CCCCCCCOC(=O)c1ccc(C(=O)OC(C)CCC)cc1. The van der Waals surface area contributed by atoms with Gasteiger partial charge in [-0.05, 0) is 44.0 Å². The molecule has 0 aliphatic carbocycles. The van der Waals surface area contributed by atoms with Gasteiger partial charge in [-0.3, -0.25) is 0 Å². The van der Waals surface area contributed by atoms with Crippen LogP contribution in [0.25, 0.3) is 0 Å². The fraction of sp³-hybridized carbons (Fsp3) is 0.600. The van der Waals surface area contributed by atoms with Crippen LogP contribution in [0.15, 0.2) is 24.3 Å². The lowest BCUT2D eigenvalue weighted by Gasteiger charge is -2.12. The second-order valence-electron chi connectivity index (χ2n) is 6.13. The molecular weight excluding hydrogens is 304 g/mol. The molecule has 0 heterocycles. The Morgan fingerprint density at radius 1 is 0.875 bits per heavy atom. The van der Waals surface area contributed by atoms with Gasteiger partial charge in [-0.2, -0.15) is 0 Å². The van der Waals surface area contributed by atoms with Crippen molar-refractivity contribution in [3.63, 3.8) is 0 Å². The van der Waals surface area contributed by atoms with Crippen LogP contribution in [0.5, 0.6) is 0 Å². The molecule has 134 valence electrons. The summed E-state index contributed by atoms with van der Waals surface area (Å²) in [7, 11) is 0. The lowest BCUT2D eigenvalue weighted by Crippen LogP contribution is -2.15. The molecule has 4 nitrogen and oxygen atoms in total. The Kier molecular flexibility index (Phi) is 9.81. The molecule has 1 rings (SSSR count). The zero-order chi connectivity index (χ0) is 17.8. The number of hydrogen-bond donors (Lipinski definition) is 0. The van der Waals surface area contributed by atoms with Gasteiger partial charge in [-0.15, -0.1) is 0 Å². The van der Waals surface area contributed by atoms with Gasteiger partial charge in [0.25, 0.3) is 0 Å². The van der Waals surface area contributed by atoms with E-state index in [4.69, 9.17) is 9.47 Å². The van der Waals surface area contributed by atoms with Crippen molar-refractivity contribution in [3.8, 4) is 0 Å². The number of carbonyl (C=O) groups is 2. The van der Waals surface area contributed by atoms with Crippen LogP contribution in [0.1, 0.15) is 86.4 Å². The number of benzene rings is 1. The summed E-state index contributed by atoms with van der Waals surface area (Å²) < 4.78 is 10.6. The highest BCUT2D eigenvalue weighted by atomic mass is 16.5. The highest BCUT2D eigenvalue weighted by Gasteiger charge is 2.13. The third-order valence-corrected chi connectivity index (χ3v) is 3.84. The Hall–Kier alpha value is -1.84. The molecule has 0 amide bonds. The first-order valence-corrected chi connectivity index (χ1v) is 9.06. The third-order valence-electron chi connectivity index (χ3n) is 3.84. The van der Waals surface area contributed by atoms with E-state index in [2.05, 4.69) is 13.8 Å². The highest BCUT2D eigenvalue weighted by molar-refractivity contribution is 5.93. The fourth-order valence-corrected chi connectivity index (χ4v) is 2.41. The van der Waals surface area contributed by atoms with Crippen molar-refractivity contribution < 1.29 is 19.1 Å². The zero-order valence-electron chi connectivity index (χ0n) is 15.2. The van der Waals surface area contributed by atoms with E-state index in [1.165, 1.54) is 19.3 Å². The van der Waals surface area contributed by atoms with E-state index in [9.17, 15) is 9.59 Å². The van der Waals surface area contributed by atoms with Crippen molar-refractivity contribution in [2.75, 3.05) is 6.61 Å². The van der Waals surface area contributed by atoms with Crippen LogP contribution in [-0.4, -0.2) is 24.6 Å². The van der Waals surface area contributed by atoms with E-state index in [0.29, 0.717) is 17.7 Å². The maximum absolute atomic E-state index is 12.0. The predicted octanol–water partition coefficient (Wildman–Crippen LogP) is 5.16. The molecule has 0 saturated carbocycles. The Labute approximate surface area is 145 Å². The van der Waals surface area contributed by atoms with E-state index < -0.39 is 0 Å². The van der Waals surface area contributed by atoms with Crippen molar-refractivity contribution in [3.05, 3.63) is 35.4 Å². The molecule has 1 aromatic rings. The summed E-state index contributed by atoms with van der Waals surface area (Å²) in [5.41, 5.74) is 0.913. The van der Waals surface area contributed by atoms with Gasteiger partial charge in [-0.25, -0.2) is 9.59 Å². The molecule has 1 aromatic carbocycles. The van der Waals surface area contributed by atoms with Gasteiger partial charge in [0, 0.05) is 0 Å². The average molecular weight is 334 g/mol. The summed E-state index contributed by atoms with van der Waals surface area (Å²) in [5.74, 6) is -0.698. The van der Waals surface area contributed by atoms with Crippen molar-refractivity contribution in [2.24, 2.45) is 0 Å². The summed E-state index contributed by atoms with van der Waals surface area (Å²) in [4.78, 5) is 23.9. The Bertz CT molecular complexity index is 493. The van der Waals surface area contributed by atoms with E-state index in [-0.39, 0.29) is 18.0 Å². The molecule has 1 atom stereocenters. The molecule has 24 heavy (non-hydrogen) atoms. The fourth-order valence-electron chi connectivity index (χ4n) is 2.41. The van der Waals surface area contributed by atoms with E-state index in [1.54, 1.807) is 24.3 Å². The monoisotopic (exact) mass is 334 g/mol. The molecule has 0 aliphatic rings. The Balaban J connectivity index is 2.40. The Morgan fingerprint density at radius 3 is 2.04 bits per heavy atom. The normalized spacial score (nSPS) is 11.8. The largest absolute Gasteiger partial charge is 0.462 e. The van der Waals surface area contributed by atoms with Crippen molar-refractivity contribution in [2.45, 2.75) is 71.8 Å². The first kappa shape index (κ1) is 20.2. The van der Waals surface area contributed by atoms with Crippen LogP contribution in [0.2, 0.25) is 0 Å². The summed E-state index contributed by atoms with van der Waals surface area (Å²) in [5, 5.41) is 0. The minimum Gasteiger partial charge on any atom is -0.462 e. The summed E-state index contributed by atoms with van der Waals surface area (Å²) in [6.45, 7) is 6.55. The third kappa shape index (κ3) is 7.62.